The topological polar surface area (TPSA) is 16.4 Å². The van der Waals surface area contributed by atoms with Crippen molar-refractivity contribution < 1.29 is 4.42 Å². The van der Waals surface area contributed by atoms with Crippen molar-refractivity contribution in [3.63, 3.8) is 0 Å². The summed E-state index contributed by atoms with van der Waals surface area (Å²) in [4.78, 5) is 2.45. The summed E-state index contributed by atoms with van der Waals surface area (Å²) in [6.07, 6.45) is 0. The second-order valence-electron chi connectivity index (χ2n) is 14.8. The van der Waals surface area contributed by atoms with Crippen molar-refractivity contribution in [3.8, 4) is 33.4 Å². The predicted octanol–water partition coefficient (Wildman–Crippen LogP) is 11.7. The van der Waals surface area contributed by atoms with Gasteiger partial charge in [-0.15, -0.1) is 0 Å². The van der Waals surface area contributed by atoms with Gasteiger partial charge in [0, 0.05) is 33.3 Å². The first kappa shape index (κ1) is 33.2. The summed E-state index contributed by atoms with van der Waals surface area (Å²) < 4.78 is 6.86. The van der Waals surface area contributed by atoms with E-state index in [9.17, 15) is 0 Å². The molecule has 10 aromatic rings. The summed E-state index contributed by atoms with van der Waals surface area (Å²) in [7, 11) is -2.89. The standard InChI is InChI=1S/C54H37NOSi/c1-5-17-38(18-6-1)39-29-31-41(32-30-39)55(49-27-15-13-25-45(49)40-19-7-2-8-20-40)42-33-34-48-52(37-42)57(43-21-9-3-10-22-43,44-23-11-4-12-24-44)51-36-35-47-46-26-14-16-28-50(46)56-54(47)53(48)51/h1-37H. The van der Waals surface area contributed by atoms with Crippen LogP contribution in [0.25, 0.3) is 55.3 Å². The molecule has 0 radical (unpaired) electrons. The fourth-order valence-electron chi connectivity index (χ4n) is 9.27. The highest BCUT2D eigenvalue weighted by Gasteiger charge is 2.50. The maximum atomic E-state index is 6.86. The molecule has 0 saturated heterocycles. The van der Waals surface area contributed by atoms with Crippen LogP contribution >= 0.6 is 0 Å². The van der Waals surface area contributed by atoms with E-state index in [1.165, 1.54) is 54.1 Å². The molecule has 0 saturated carbocycles. The van der Waals surface area contributed by atoms with Crippen molar-refractivity contribution >= 4 is 67.8 Å². The lowest BCUT2D eigenvalue weighted by Gasteiger charge is -2.33. The number of rotatable bonds is 7. The lowest BCUT2D eigenvalue weighted by Crippen LogP contribution is -2.72. The van der Waals surface area contributed by atoms with Crippen LogP contribution in [0.1, 0.15) is 0 Å². The van der Waals surface area contributed by atoms with Gasteiger partial charge < -0.3 is 9.32 Å². The van der Waals surface area contributed by atoms with E-state index in [4.69, 9.17) is 4.42 Å². The van der Waals surface area contributed by atoms with Gasteiger partial charge in [-0.25, -0.2) is 0 Å². The van der Waals surface area contributed by atoms with E-state index < -0.39 is 8.07 Å². The Balaban J connectivity index is 1.21. The molecule has 1 aliphatic rings. The van der Waals surface area contributed by atoms with Crippen molar-refractivity contribution in [2.75, 3.05) is 4.90 Å². The summed E-state index contributed by atoms with van der Waals surface area (Å²) in [6.45, 7) is 0. The Bertz CT molecular complexity index is 3010. The van der Waals surface area contributed by atoms with E-state index in [1.54, 1.807) is 0 Å². The number of hydrogen-bond donors (Lipinski definition) is 0. The highest BCUT2D eigenvalue weighted by Crippen LogP contribution is 2.44. The van der Waals surface area contributed by atoms with Gasteiger partial charge in [0.2, 0.25) is 0 Å². The van der Waals surface area contributed by atoms with Crippen molar-refractivity contribution in [1.29, 1.82) is 0 Å². The van der Waals surface area contributed by atoms with Crippen molar-refractivity contribution in [2.24, 2.45) is 0 Å². The quantitative estimate of drug-likeness (QED) is 0.151. The highest BCUT2D eigenvalue weighted by atomic mass is 28.3. The average molecular weight is 744 g/mol. The van der Waals surface area contributed by atoms with Crippen LogP contribution in [0, 0.1) is 0 Å². The second-order valence-corrected chi connectivity index (χ2v) is 18.5. The Hall–Kier alpha value is -7.20. The second kappa shape index (κ2) is 13.5. The number of hydrogen-bond acceptors (Lipinski definition) is 2. The Morgan fingerprint density at radius 2 is 0.930 bits per heavy atom. The Morgan fingerprint density at radius 3 is 1.63 bits per heavy atom. The minimum Gasteiger partial charge on any atom is -0.455 e. The zero-order valence-electron chi connectivity index (χ0n) is 31.2. The summed E-state index contributed by atoms with van der Waals surface area (Å²) in [5.41, 5.74) is 12.4. The molecule has 268 valence electrons. The molecule has 9 aromatic carbocycles. The van der Waals surface area contributed by atoms with Crippen molar-refractivity contribution in [1.82, 2.24) is 0 Å². The molecule has 0 unspecified atom stereocenters. The molecule has 0 atom stereocenters. The molecule has 0 amide bonds. The third kappa shape index (κ3) is 5.24. The monoisotopic (exact) mass is 743 g/mol. The molecule has 0 fully saturated rings. The van der Waals surface area contributed by atoms with Crippen LogP contribution in [0.4, 0.5) is 17.1 Å². The molecule has 2 heterocycles. The van der Waals surface area contributed by atoms with E-state index in [2.05, 4.69) is 229 Å². The molecule has 1 aliphatic heterocycles. The minimum atomic E-state index is -2.89. The van der Waals surface area contributed by atoms with Gasteiger partial charge in [0.05, 0.1) is 5.69 Å². The molecule has 57 heavy (non-hydrogen) atoms. The van der Waals surface area contributed by atoms with Gasteiger partial charge >= 0.3 is 0 Å². The van der Waals surface area contributed by atoms with E-state index in [1.807, 2.05) is 0 Å². The van der Waals surface area contributed by atoms with Gasteiger partial charge in [-0.2, -0.15) is 0 Å². The van der Waals surface area contributed by atoms with Crippen LogP contribution in [0.5, 0.6) is 0 Å². The molecular formula is C54H37NOSi. The van der Waals surface area contributed by atoms with Crippen molar-refractivity contribution in [3.05, 3.63) is 224 Å². The first-order chi connectivity index (χ1) is 28.3. The zero-order chi connectivity index (χ0) is 37.8. The highest BCUT2D eigenvalue weighted by molar-refractivity contribution is 7.22. The van der Waals surface area contributed by atoms with Gasteiger partial charge in [0.15, 0.2) is 8.07 Å². The Kier molecular flexibility index (Phi) is 7.87. The number of fused-ring (bicyclic) bond motifs is 7. The number of para-hydroxylation sites is 2. The molecule has 0 N–H and O–H groups in total. The molecular weight excluding hydrogens is 707 g/mol. The lowest BCUT2D eigenvalue weighted by molar-refractivity contribution is 0.670. The Morgan fingerprint density at radius 1 is 0.368 bits per heavy atom. The summed E-state index contributed by atoms with van der Waals surface area (Å²) >= 11 is 0. The summed E-state index contributed by atoms with van der Waals surface area (Å²) in [5.74, 6) is 0. The van der Waals surface area contributed by atoms with Gasteiger partial charge in [-0.3, -0.25) is 0 Å². The molecule has 3 heteroatoms. The zero-order valence-corrected chi connectivity index (χ0v) is 32.2. The smallest absolute Gasteiger partial charge is 0.181 e. The number of anilines is 3. The van der Waals surface area contributed by atoms with Gasteiger partial charge in [0.25, 0.3) is 0 Å². The van der Waals surface area contributed by atoms with E-state index in [-0.39, 0.29) is 0 Å². The molecule has 0 spiro atoms. The van der Waals surface area contributed by atoms with E-state index in [0.29, 0.717) is 0 Å². The maximum absolute atomic E-state index is 6.86. The van der Waals surface area contributed by atoms with E-state index >= 15 is 0 Å². The first-order valence-electron chi connectivity index (χ1n) is 19.6. The first-order valence-corrected chi connectivity index (χ1v) is 21.6. The largest absolute Gasteiger partial charge is 0.455 e. The van der Waals surface area contributed by atoms with Gasteiger partial charge in [0.1, 0.15) is 11.2 Å². The van der Waals surface area contributed by atoms with Crippen LogP contribution in [-0.2, 0) is 0 Å². The molecule has 0 aliphatic carbocycles. The van der Waals surface area contributed by atoms with Crippen molar-refractivity contribution in [2.45, 2.75) is 0 Å². The fourth-order valence-corrected chi connectivity index (χ4v) is 14.5. The van der Waals surface area contributed by atoms with Crippen LogP contribution in [0.3, 0.4) is 0 Å². The molecule has 2 nitrogen and oxygen atoms in total. The summed E-state index contributed by atoms with van der Waals surface area (Å²) in [5, 5.41) is 7.74. The van der Waals surface area contributed by atoms with Crippen LogP contribution in [0.2, 0.25) is 0 Å². The van der Waals surface area contributed by atoms with E-state index in [0.717, 1.165) is 39.0 Å². The third-order valence-corrected chi connectivity index (χ3v) is 16.6. The lowest BCUT2D eigenvalue weighted by atomic mass is 9.99. The van der Waals surface area contributed by atoms with Crippen LogP contribution < -0.4 is 25.6 Å². The minimum absolute atomic E-state index is 0.917. The molecule has 1 aromatic heterocycles. The molecule has 11 rings (SSSR count). The normalized spacial score (nSPS) is 12.7. The fraction of sp³-hybridized carbons (Fsp3) is 0. The van der Waals surface area contributed by atoms with Gasteiger partial charge in [-0.1, -0.05) is 188 Å². The summed E-state index contributed by atoms with van der Waals surface area (Å²) in [6, 6.07) is 82.0. The average Bonchev–Trinajstić information content (AvgIpc) is 3.82. The van der Waals surface area contributed by atoms with Gasteiger partial charge in [-0.05, 0) is 79.4 Å². The van der Waals surface area contributed by atoms with Crippen LogP contribution in [-0.4, -0.2) is 8.07 Å². The number of furan rings is 1. The number of nitrogens with zero attached hydrogens (tertiary/aromatic N) is 1. The number of benzene rings is 9. The predicted molar refractivity (Wildman–Crippen MR) is 242 cm³/mol. The maximum Gasteiger partial charge on any atom is 0.181 e. The SMILES string of the molecule is c1ccc(-c2ccc(N(c3ccc4c(c3)[Si](c3ccccc3)(c3ccccc3)c3ccc5c(oc6ccccc65)c3-4)c3ccccc3-c3ccccc3)cc2)cc1. The Labute approximate surface area is 333 Å². The molecule has 0 bridgehead atoms. The van der Waals surface area contributed by atoms with Crippen LogP contribution in [0.15, 0.2) is 229 Å². The third-order valence-electron chi connectivity index (χ3n) is 11.8.